The molecule has 100 valence electrons. The Morgan fingerprint density at radius 1 is 1.29 bits per heavy atom. The van der Waals surface area contributed by atoms with E-state index in [4.69, 9.17) is 4.74 Å². The highest BCUT2D eigenvalue weighted by Gasteiger charge is 2.25. The zero-order valence-corrected chi connectivity index (χ0v) is 11.8. The first kappa shape index (κ1) is 14.6. The van der Waals surface area contributed by atoms with Crippen molar-refractivity contribution in [2.24, 2.45) is 5.92 Å². The summed E-state index contributed by atoms with van der Waals surface area (Å²) in [6.07, 6.45) is 9.73. The average molecular weight is 239 g/mol. The van der Waals surface area contributed by atoms with E-state index in [-0.39, 0.29) is 0 Å². The van der Waals surface area contributed by atoms with Crippen LogP contribution in [0.1, 0.15) is 59.3 Å². The van der Waals surface area contributed by atoms with Gasteiger partial charge in [-0.3, -0.25) is 0 Å². The molecule has 2 nitrogen and oxygen atoms in total. The van der Waals surface area contributed by atoms with Gasteiger partial charge in [-0.2, -0.15) is 0 Å². The van der Waals surface area contributed by atoms with Gasteiger partial charge >= 0.3 is 0 Å². The van der Waals surface area contributed by atoms with Crippen LogP contribution in [0.3, 0.4) is 0 Å². The van der Waals surface area contributed by atoms with Crippen molar-refractivity contribution in [3.05, 3.63) is 11.8 Å². The Balaban J connectivity index is 2.57. The lowest BCUT2D eigenvalue weighted by molar-refractivity contribution is 0.186. The molecule has 0 aromatic heterocycles. The van der Waals surface area contributed by atoms with Gasteiger partial charge in [0.1, 0.15) is 5.76 Å². The molecule has 2 atom stereocenters. The molecular weight excluding hydrogens is 210 g/mol. The smallest absolute Gasteiger partial charge is 0.109 e. The van der Waals surface area contributed by atoms with E-state index < -0.39 is 0 Å². The van der Waals surface area contributed by atoms with Crippen molar-refractivity contribution < 1.29 is 4.74 Å². The fourth-order valence-corrected chi connectivity index (χ4v) is 2.53. The summed E-state index contributed by atoms with van der Waals surface area (Å²) >= 11 is 0. The fraction of sp³-hybridized carbons (Fsp3) is 0.867. The van der Waals surface area contributed by atoms with Crippen LogP contribution in [0.25, 0.3) is 0 Å². The van der Waals surface area contributed by atoms with E-state index in [1.54, 1.807) is 0 Å². The summed E-state index contributed by atoms with van der Waals surface area (Å²) in [6.45, 7) is 8.77. The predicted molar refractivity (Wildman–Crippen MR) is 74.0 cm³/mol. The SMILES string of the molecule is CCCCC(CC)C(NCCC)C1=CCCO1. The van der Waals surface area contributed by atoms with Crippen LogP contribution in [0.2, 0.25) is 0 Å². The largest absolute Gasteiger partial charge is 0.496 e. The molecule has 0 amide bonds. The molecule has 2 heteroatoms. The molecule has 0 saturated carbocycles. The van der Waals surface area contributed by atoms with Crippen molar-refractivity contribution in [1.29, 1.82) is 0 Å². The maximum absolute atomic E-state index is 5.77. The van der Waals surface area contributed by atoms with Crippen LogP contribution in [0.4, 0.5) is 0 Å². The number of ether oxygens (including phenoxy) is 1. The molecule has 0 fully saturated rings. The molecule has 2 unspecified atom stereocenters. The first-order valence-electron chi connectivity index (χ1n) is 7.39. The minimum absolute atomic E-state index is 0.453. The zero-order valence-electron chi connectivity index (χ0n) is 11.8. The minimum Gasteiger partial charge on any atom is -0.496 e. The van der Waals surface area contributed by atoms with E-state index >= 15 is 0 Å². The van der Waals surface area contributed by atoms with Crippen molar-refractivity contribution in [1.82, 2.24) is 5.32 Å². The molecule has 0 aromatic rings. The summed E-state index contributed by atoms with van der Waals surface area (Å²) in [7, 11) is 0. The van der Waals surface area contributed by atoms with E-state index in [2.05, 4.69) is 32.2 Å². The van der Waals surface area contributed by atoms with Gasteiger partial charge in [-0.1, -0.05) is 40.0 Å². The van der Waals surface area contributed by atoms with Gasteiger partial charge in [0.05, 0.1) is 12.6 Å². The van der Waals surface area contributed by atoms with Crippen molar-refractivity contribution in [3.8, 4) is 0 Å². The quantitative estimate of drug-likeness (QED) is 0.659. The first-order chi connectivity index (χ1) is 8.33. The molecule has 0 bridgehead atoms. The van der Waals surface area contributed by atoms with Crippen LogP contribution in [0.15, 0.2) is 11.8 Å². The number of hydrogen-bond acceptors (Lipinski definition) is 2. The Kier molecular flexibility index (Phi) is 7.34. The van der Waals surface area contributed by atoms with Gasteiger partial charge in [0, 0.05) is 6.42 Å². The summed E-state index contributed by atoms with van der Waals surface area (Å²) < 4.78 is 5.77. The molecule has 1 heterocycles. The molecule has 17 heavy (non-hydrogen) atoms. The molecular formula is C15H29NO. The maximum Gasteiger partial charge on any atom is 0.109 e. The Morgan fingerprint density at radius 2 is 2.12 bits per heavy atom. The molecule has 1 aliphatic rings. The lowest BCUT2D eigenvalue weighted by Crippen LogP contribution is -2.38. The van der Waals surface area contributed by atoms with Gasteiger partial charge in [-0.05, 0) is 31.4 Å². The van der Waals surface area contributed by atoms with Crippen LogP contribution in [0.5, 0.6) is 0 Å². The number of rotatable bonds is 9. The van der Waals surface area contributed by atoms with Crippen molar-refractivity contribution in [2.75, 3.05) is 13.2 Å². The summed E-state index contributed by atoms with van der Waals surface area (Å²) in [5, 5.41) is 3.68. The van der Waals surface area contributed by atoms with Crippen molar-refractivity contribution >= 4 is 0 Å². The van der Waals surface area contributed by atoms with E-state index in [9.17, 15) is 0 Å². The second kappa shape index (κ2) is 8.57. The lowest BCUT2D eigenvalue weighted by Gasteiger charge is -2.28. The van der Waals surface area contributed by atoms with E-state index in [1.165, 1.54) is 37.9 Å². The molecule has 0 radical (unpaired) electrons. The Labute approximate surface area is 107 Å². The lowest BCUT2D eigenvalue weighted by atomic mass is 9.90. The Bertz CT molecular complexity index is 225. The third-order valence-corrected chi connectivity index (χ3v) is 3.58. The standard InChI is InChI=1S/C15H29NO/c1-4-7-9-13(6-3)15(16-11-5-2)14-10-8-12-17-14/h10,13,15-16H,4-9,11-12H2,1-3H3. The van der Waals surface area contributed by atoms with E-state index in [1.807, 2.05) is 0 Å². The van der Waals surface area contributed by atoms with Crippen LogP contribution in [-0.2, 0) is 4.74 Å². The van der Waals surface area contributed by atoms with Gasteiger partial charge in [0.2, 0.25) is 0 Å². The molecule has 0 saturated heterocycles. The zero-order chi connectivity index (χ0) is 12.5. The van der Waals surface area contributed by atoms with Crippen molar-refractivity contribution in [2.45, 2.75) is 65.3 Å². The topological polar surface area (TPSA) is 21.3 Å². The molecule has 1 rings (SSSR count). The summed E-state index contributed by atoms with van der Waals surface area (Å²) in [4.78, 5) is 0. The highest BCUT2D eigenvalue weighted by Crippen LogP contribution is 2.25. The van der Waals surface area contributed by atoms with E-state index in [0.29, 0.717) is 6.04 Å². The highest BCUT2D eigenvalue weighted by atomic mass is 16.5. The second-order valence-electron chi connectivity index (χ2n) is 4.99. The van der Waals surface area contributed by atoms with E-state index in [0.717, 1.165) is 25.5 Å². The fourth-order valence-electron chi connectivity index (χ4n) is 2.53. The monoisotopic (exact) mass is 239 g/mol. The summed E-state index contributed by atoms with van der Waals surface area (Å²) in [5.41, 5.74) is 0. The maximum atomic E-state index is 5.77. The highest BCUT2D eigenvalue weighted by molar-refractivity contribution is 5.09. The van der Waals surface area contributed by atoms with Gasteiger partial charge in [0.25, 0.3) is 0 Å². The average Bonchev–Trinajstić information content (AvgIpc) is 2.87. The molecule has 1 N–H and O–H groups in total. The summed E-state index contributed by atoms with van der Waals surface area (Å²) in [6, 6.07) is 0.453. The third-order valence-electron chi connectivity index (χ3n) is 3.58. The minimum atomic E-state index is 0.453. The predicted octanol–water partition coefficient (Wildman–Crippen LogP) is 3.88. The van der Waals surface area contributed by atoms with Crippen LogP contribution in [-0.4, -0.2) is 19.2 Å². The number of unbranched alkanes of at least 4 members (excludes halogenated alkanes) is 1. The first-order valence-corrected chi connectivity index (χ1v) is 7.39. The van der Waals surface area contributed by atoms with Crippen LogP contribution >= 0.6 is 0 Å². The number of nitrogens with one attached hydrogen (secondary N) is 1. The normalized spacial score (nSPS) is 18.6. The van der Waals surface area contributed by atoms with Gasteiger partial charge in [-0.25, -0.2) is 0 Å². The van der Waals surface area contributed by atoms with Crippen molar-refractivity contribution in [3.63, 3.8) is 0 Å². The van der Waals surface area contributed by atoms with Gasteiger partial charge in [-0.15, -0.1) is 0 Å². The van der Waals surface area contributed by atoms with Gasteiger partial charge < -0.3 is 10.1 Å². The Morgan fingerprint density at radius 3 is 2.65 bits per heavy atom. The number of hydrogen-bond donors (Lipinski definition) is 1. The summed E-state index contributed by atoms with van der Waals surface area (Å²) in [5.74, 6) is 1.94. The van der Waals surface area contributed by atoms with Crippen LogP contribution in [0, 0.1) is 5.92 Å². The van der Waals surface area contributed by atoms with Gasteiger partial charge in [0.15, 0.2) is 0 Å². The molecule has 1 aliphatic heterocycles. The third kappa shape index (κ3) is 4.71. The Hall–Kier alpha value is -0.500. The molecule has 0 spiro atoms. The molecule has 0 aliphatic carbocycles. The molecule has 0 aromatic carbocycles. The van der Waals surface area contributed by atoms with Crippen LogP contribution < -0.4 is 5.32 Å². The second-order valence-corrected chi connectivity index (χ2v) is 4.99.